The second-order valence-corrected chi connectivity index (χ2v) is 5.78. The summed E-state index contributed by atoms with van der Waals surface area (Å²) < 4.78 is 15.8. The van der Waals surface area contributed by atoms with Crippen molar-refractivity contribution in [3.05, 3.63) is 23.8 Å². The lowest BCUT2D eigenvalue weighted by molar-refractivity contribution is -0.140. The Bertz CT molecular complexity index is 676. The number of hydrogen-bond acceptors (Lipinski definition) is 6. The number of ether oxygens (including phenoxy) is 3. The minimum absolute atomic E-state index is 0.164. The molecule has 1 fully saturated rings. The normalized spacial score (nSPS) is 15.7. The van der Waals surface area contributed by atoms with Gasteiger partial charge >= 0.3 is 5.97 Å². The van der Waals surface area contributed by atoms with Crippen molar-refractivity contribution < 1.29 is 28.9 Å². The molecule has 0 radical (unpaired) electrons. The number of aliphatic carboxylic acids is 1. The highest BCUT2D eigenvalue weighted by Crippen LogP contribution is 2.28. The van der Waals surface area contributed by atoms with E-state index in [1.165, 1.54) is 13.2 Å². The maximum absolute atomic E-state index is 12.2. The second-order valence-electron chi connectivity index (χ2n) is 5.78. The maximum atomic E-state index is 12.2. The topological polar surface area (TPSA) is 118 Å². The molecule has 2 rings (SSSR count). The van der Waals surface area contributed by atoms with Crippen LogP contribution in [0.4, 0.5) is 0 Å². The molecule has 0 aromatic heterocycles. The summed E-state index contributed by atoms with van der Waals surface area (Å²) in [6.45, 7) is 0.514. The zero-order chi connectivity index (χ0) is 18.3. The van der Waals surface area contributed by atoms with Gasteiger partial charge in [0.1, 0.15) is 0 Å². The van der Waals surface area contributed by atoms with E-state index in [-0.39, 0.29) is 13.0 Å². The van der Waals surface area contributed by atoms with Crippen molar-refractivity contribution in [1.29, 1.82) is 5.26 Å². The summed E-state index contributed by atoms with van der Waals surface area (Å²) in [4.78, 5) is 23.3. The summed E-state index contributed by atoms with van der Waals surface area (Å²) in [5, 5.41) is 20.8. The smallest absolute Gasteiger partial charge is 0.305 e. The van der Waals surface area contributed by atoms with E-state index in [1.54, 1.807) is 12.1 Å². The highest BCUT2D eigenvalue weighted by atomic mass is 16.5. The van der Waals surface area contributed by atoms with Crippen molar-refractivity contribution in [2.24, 2.45) is 0 Å². The van der Waals surface area contributed by atoms with Gasteiger partial charge in [0, 0.05) is 19.3 Å². The Kier molecular flexibility index (Phi) is 6.19. The van der Waals surface area contributed by atoms with E-state index in [4.69, 9.17) is 24.6 Å². The number of nitriles is 1. The van der Waals surface area contributed by atoms with Gasteiger partial charge < -0.3 is 24.6 Å². The third-order valence-electron chi connectivity index (χ3n) is 4.00. The molecule has 0 saturated carbocycles. The lowest BCUT2D eigenvalue weighted by atomic mass is 9.86. The number of carboxylic acids is 1. The first-order chi connectivity index (χ1) is 12.0. The molecular formula is C17H20N2O6. The number of carbonyl (C=O) groups excluding carboxylic acids is 1. The van der Waals surface area contributed by atoms with Gasteiger partial charge in [-0.3, -0.25) is 9.59 Å². The maximum Gasteiger partial charge on any atom is 0.305 e. The third kappa shape index (κ3) is 5.09. The Labute approximate surface area is 145 Å². The number of benzene rings is 1. The Hall–Kier alpha value is -2.79. The molecule has 25 heavy (non-hydrogen) atoms. The van der Waals surface area contributed by atoms with Gasteiger partial charge in [-0.05, 0) is 25.0 Å². The zero-order valence-corrected chi connectivity index (χ0v) is 13.9. The highest BCUT2D eigenvalue weighted by molar-refractivity contribution is 5.79. The van der Waals surface area contributed by atoms with Crippen LogP contribution >= 0.6 is 0 Å². The van der Waals surface area contributed by atoms with Gasteiger partial charge in [0.2, 0.25) is 0 Å². The summed E-state index contributed by atoms with van der Waals surface area (Å²) >= 11 is 0. The minimum Gasteiger partial charge on any atom is -0.493 e. The van der Waals surface area contributed by atoms with Crippen LogP contribution < -0.4 is 14.8 Å². The van der Waals surface area contributed by atoms with Crippen LogP contribution in [0.2, 0.25) is 0 Å². The Morgan fingerprint density at radius 2 is 2.08 bits per heavy atom. The predicted octanol–water partition coefficient (Wildman–Crippen LogP) is 1.09. The molecule has 2 N–H and O–H groups in total. The number of nitrogens with one attached hydrogen (secondary N) is 1. The highest BCUT2D eigenvalue weighted by Gasteiger charge is 2.36. The summed E-state index contributed by atoms with van der Waals surface area (Å²) in [6, 6.07) is 6.60. The molecule has 0 unspecified atom stereocenters. The first kappa shape index (κ1) is 18.5. The van der Waals surface area contributed by atoms with Gasteiger partial charge in [-0.25, -0.2) is 0 Å². The fraction of sp³-hybridized carbons (Fsp3) is 0.471. The van der Waals surface area contributed by atoms with Crippen molar-refractivity contribution in [2.75, 3.05) is 26.9 Å². The number of hydrogen-bond donors (Lipinski definition) is 2. The molecular weight excluding hydrogens is 328 g/mol. The number of carbonyl (C=O) groups is 2. The fourth-order valence-electron chi connectivity index (χ4n) is 2.73. The van der Waals surface area contributed by atoms with Crippen molar-refractivity contribution in [1.82, 2.24) is 5.32 Å². The van der Waals surface area contributed by atoms with Crippen LogP contribution in [-0.2, 0) is 14.3 Å². The first-order valence-corrected chi connectivity index (χ1v) is 7.79. The second kappa shape index (κ2) is 8.35. The average molecular weight is 348 g/mol. The molecule has 0 aliphatic carbocycles. The molecule has 1 amide bonds. The van der Waals surface area contributed by atoms with Crippen LogP contribution in [0, 0.1) is 11.3 Å². The molecule has 1 aliphatic rings. The molecule has 1 aromatic rings. The number of nitrogens with zero attached hydrogens (tertiary/aromatic N) is 1. The quantitative estimate of drug-likeness (QED) is 0.757. The third-order valence-corrected chi connectivity index (χ3v) is 4.00. The summed E-state index contributed by atoms with van der Waals surface area (Å²) in [6.07, 6.45) is 0.707. The van der Waals surface area contributed by atoms with Crippen LogP contribution in [0.25, 0.3) is 0 Å². The minimum atomic E-state index is -0.975. The van der Waals surface area contributed by atoms with E-state index >= 15 is 0 Å². The average Bonchev–Trinajstić information content (AvgIpc) is 2.59. The molecule has 0 atom stereocenters. The number of carboxylic acid groups (broad SMARTS) is 1. The van der Waals surface area contributed by atoms with Gasteiger partial charge in [-0.1, -0.05) is 0 Å². The number of amides is 1. The molecule has 0 bridgehead atoms. The van der Waals surface area contributed by atoms with Crippen LogP contribution in [-0.4, -0.2) is 49.5 Å². The lowest BCUT2D eigenvalue weighted by Crippen LogP contribution is -2.54. The van der Waals surface area contributed by atoms with E-state index in [1.807, 2.05) is 6.07 Å². The molecule has 1 heterocycles. The standard InChI is InChI=1S/C17H20N2O6/c1-23-14-8-12(10-18)2-3-13(14)25-11-15(20)19-17(9-16(21)22)4-6-24-7-5-17/h2-3,8H,4-7,9,11H2,1H3,(H,19,20)(H,21,22). The number of rotatable bonds is 7. The van der Waals surface area contributed by atoms with Gasteiger partial charge in [-0.15, -0.1) is 0 Å². The van der Waals surface area contributed by atoms with Gasteiger partial charge in [0.05, 0.1) is 30.7 Å². The monoisotopic (exact) mass is 348 g/mol. The molecule has 134 valence electrons. The molecule has 0 spiro atoms. The van der Waals surface area contributed by atoms with E-state index in [0.717, 1.165) is 0 Å². The van der Waals surface area contributed by atoms with E-state index in [9.17, 15) is 9.59 Å². The van der Waals surface area contributed by atoms with Crippen molar-refractivity contribution in [3.63, 3.8) is 0 Å². The Balaban J connectivity index is 1.99. The molecule has 1 aliphatic heterocycles. The van der Waals surface area contributed by atoms with E-state index in [2.05, 4.69) is 5.32 Å². The summed E-state index contributed by atoms with van der Waals surface area (Å²) in [5.74, 6) is -0.722. The van der Waals surface area contributed by atoms with Crippen molar-refractivity contribution in [2.45, 2.75) is 24.8 Å². The largest absolute Gasteiger partial charge is 0.493 e. The van der Waals surface area contributed by atoms with Crippen LogP contribution in [0.1, 0.15) is 24.8 Å². The number of methoxy groups -OCH3 is 1. The Morgan fingerprint density at radius 1 is 1.36 bits per heavy atom. The van der Waals surface area contributed by atoms with Gasteiger partial charge in [-0.2, -0.15) is 5.26 Å². The summed E-state index contributed by atoms with van der Waals surface area (Å²) in [7, 11) is 1.44. The zero-order valence-electron chi connectivity index (χ0n) is 13.9. The molecule has 1 aromatic carbocycles. The van der Waals surface area contributed by atoms with Crippen LogP contribution in [0.15, 0.2) is 18.2 Å². The fourth-order valence-corrected chi connectivity index (χ4v) is 2.73. The van der Waals surface area contributed by atoms with E-state index < -0.39 is 17.4 Å². The van der Waals surface area contributed by atoms with Gasteiger partial charge in [0.15, 0.2) is 18.1 Å². The Morgan fingerprint density at radius 3 is 2.68 bits per heavy atom. The van der Waals surface area contributed by atoms with Crippen LogP contribution in [0.5, 0.6) is 11.5 Å². The van der Waals surface area contributed by atoms with Gasteiger partial charge in [0.25, 0.3) is 5.91 Å². The van der Waals surface area contributed by atoms with Crippen molar-refractivity contribution >= 4 is 11.9 Å². The first-order valence-electron chi connectivity index (χ1n) is 7.79. The summed E-state index contributed by atoms with van der Waals surface area (Å²) in [5.41, 5.74) is -0.407. The predicted molar refractivity (Wildman–Crippen MR) is 86.4 cm³/mol. The van der Waals surface area contributed by atoms with Crippen LogP contribution in [0.3, 0.4) is 0 Å². The molecule has 8 nitrogen and oxygen atoms in total. The van der Waals surface area contributed by atoms with Crippen molar-refractivity contribution in [3.8, 4) is 17.6 Å². The SMILES string of the molecule is COc1cc(C#N)ccc1OCC(=O)NC1(CC(=O)O)CCOCC1. The molecule has 8 heteroatoms. The lowest BCUT2D eigenvalue weighted by Gasteiger charge is -2.36. The van der Waals surface area contributed by atoms with E-state index in [0.29, 0.717) is 43.1 Å². The molecule has 1 saturated heterocycles.